The van der Waals surface area contributed by atoms with Gasteiger partial charge >= 0.3 is 12.1 Å². The number of nitrogens with zero attached hydrogens (tertiary/aromatic N) is 3. The maximum absolute atomic E-state index is 10.6. The van der Waals surface area contributed by atoms with E-state index in [0.717, 1.165) is 29.7 Å². The molecule has 0 aromatic carbocycles. The van der Waals surface area contributed by atoms with Crippen LogP contribution in [0.25, 0.3) is 22.4 Å². The Kier molecular flexibility index (Phi) is 5.21. The normalized spacial score (nSPS) is 14.2. The van der Waals surface area contributed by atoms with Gasteiger partial charge in [-0.2, -0.15) is 18.2 Å². The van der Waals surface area contributed by atoms with Gasteiger partial charge in [-0.3, -0.25) is 0 Å². The second-order valence-electron chi connectivity index (χ2n) is 5.56. The van der Waals surface area contributed by atoms with Crippen molar-refractivity contribution in [3.63, 3.8) is 0 Å². The fraction of sp³-hybridized carbons (Fsp3) is 0.250. The van der Waals surface area contributed by atoms with Crippen molar-refractivity contribution >= 4 is 17.0 Å². The summed E-state index contributed by atoms with van der Waals surface area (Å²) in [7, 11) is 0. The van der Waals surface area contributed by atoms with Gasteiger partial charge in [0.2, 0.25) is 5.88 Å². The summed E-state index contributed by atoms with van der Waals surface area (Å²) in [6.45, 7) is 1.74. The van der Waals surface area contributed by atoms with E-state index in [1.807, 2.05) is 18.3 Å². The number of alkyl halides is 3. The second kappa shape index (κ2) is 7.58. The largest absolute Gasteiger partial charge is 0.490 e. The molecule has 3 aromatic rings. The van der Waals surface area contributed by atoms with Gasteiger partial charge in [-0.1, -0.05) is 0 Å². The van der Waals surface area contributed by atoms with Crippen molar-refractivity contribution in [2.45, 2.75) is 12.3 Å². The van der Waals surface area contributed by atoms with Gasteiger partial charge in [0.25, 0.3) is 0 Å². The first-order chi connectivity index (χ1) is 12.8. The Morgan fingerprint density at radius 1 is 1.26 bits per heavy atom. The van der Waals surface area contributed by atoms with Gasteiger partial charge in [0.15, 0.2) is 5.82 Å². The highest BCUT2D eigenvalue weighted by Crippen LogP contribution is 2.21. The molecule has 3 aromatic heterocycles. The van der Waals surface area contributed by atoms with E-state index in [-0.39, 0.29) is 6.10 Å². The van der Waals surface area contributed by atoms with Crippen LogP contribution in [0.5, 0.6) is 5.88 Å². The maximum Gasteiger partial charge on any atom is 0.490 e. The third-order valence-corrected chi connectivity index (χ3v) is 3.56. The van der Waals surface area contributed by atoms with Crippen LogP contribution < -0.4 is 10.1 Å². The third kappa shape index (κ3) is 4.70. The lowest BCUT2D eigenvalue weighted by Crippen LogP contribution is -2.50. The van der Waals surface area contributed by atoms with Crippen LogP contribution in [0.3, 0.4) is 0 Å². The first-order valence-electron chi connectivity index (χ1n) is 7.77. The van der Waals surface area contributed by atoms with Crippen LogP contribution in [-0.4, -0.2) is 56.4 Å². The van der Waals surface area contributed by atoms with E-state index in [2.05, 4.69) is 25.3 Å². The van der Waals surface area contributed by atoms with E-state index in [9.17, 15) is 13.2 Å². The van der Waals surface area contributed by atoms with E-state index < -0.39 is 12.1 Å². The summed E-state index contributed by atoms with van der Waals surface area (Å²) >= 11 is 0. The number of carbonyl (C=O) groups is 1. The standard InChI is InChI=1S/C14H13N5O.C2HF3O2/c1-3-16-13-9(1)5-10(6-18-13)14-17-4-2-12(19-14)20-11-7-15-8-11;3-2(4,5)1(6)7/h1-6,11,15H,7-8H2,(H,16,18);(H,6,7). The number of hydrogen-bond acceptors (Lipinski definition) is 6. The van der Waals surface area contributed by atoms with Crippen molar-refractivity contribution in [2.75, 3.05) is 13.1 Å². The molecular formula is C16H14F3N5O3. The first-order valence-corrected chi connectivity index (χ1v) is 7.77. The minimum atomic E-state index is -5.08. The van der Waals surface area contributed by atoms with Gasteiger partial charge in [-0.25, -0.2) is 14.8 Å². The molecule has 142 valence electrons. The summed E-state index contributed by atoms with van der Waals surface area (Å²) < 4.78 is 37.5. The number of aliphatic carboxylic acids is 1. The van der Waals surface area contributed by atoms with E-state index in [1.165, 1.54) is 0 Å². The number of rotatable bonds is 3. The molecule has 4 heterocycles. The molecule has 1 aliphatic rings. The van der Waals surface area contributed by atoms with Crippen LogP contribution in [0.15, 0.2) is 36.8 Å². The number of fused-ring (bicyclic) bond motifs is 1. The smallest absolute Gasteiger partial charge is 0.475 e. The average molecular weight is 381 g/mol. The average Bonchev–Trinajstić information content (AvgIpc) is 3.06. The van der Waals surface area contributed by atoms with Gasteiger partial charge in [-0.15, -0.1) is 0 Å². The van der Waals surface area contributed by atoms with Gasteiger partial charge in [0.05, 0.1) is 0 Å². The van der Waals surface area contributed by atoms with E-state index >= 15 is 0 Å². The van der Waals surface area contributed by atoms with Crippen molar-refractivity contribution in [2.24, 2.45) is 0 Å². The Balaban J connectivity index is 0.000000260. The number of H-pyrrole nitrogens is 1. The topological polar surface area (TPSA) is 113 Å². The molecule has 4 rings (SSSR count). The zero-order chi connectivity index (χ0) is 19.4. The van der Waals surface area contributed by atoms with Crippen molar-refractivity contribution < 1.29 is 27.8 Å². The summed E-state index contributed by atoms with van der Waals surface area (Å²) in [5, 5.41) is 11.3. The van der Waals surface area contributed by atoms with Gasteiger partial charge < -0.3 is 20.1 Å². The van der Waals surface area contributed by atoms with E-state index in [4.69, 9.17) is 14.6 Å². The lowest BCUT2D eigenvalue weighted by Gasteiger charge is -2.27. The number of carboxylic acids is 1. The molecule has 0 aliphatic carbocycles. The number of hydrogen-bond donors (Lipinski definition) is 3. The summed E-state index contributed by atoms with van der Waals surface area (Å²) in [5.41, 5.74) is 1.75. The quantitative estimate of drug-likeness (QED) is 0.636. The van der Waals surface area contributed by atoms with Crippen molar-refractivity contribution in [3.05, 3.63) is 36.8 Å². The van der Waals surface area contributed by atoms with Gasteiger partial charge in [0, 0.05) is 48.7 Å². The molecule has 27 heavy (non-hydrogen) atoms. The molecule has 1 aliphatic heterocycles. The Labute approximate surface area is 150 Å². The number of nitrogens with one attached hydrogen (secondary N) is 2. The molecule has 0 atom stereocenters. The lowest BCUT2D eigenvalue weighted by molar-refractivity contribution is -0.192. The summed E-state index contributed by atoms with van der Waals surface area (Å²) in [5.74, 6) is -1.52. The van der Waals surface area contributed by atoms with Gasteiger partial charge in [0.1, 0.15) is 11.8 Å². The van der Waals surface area contributed by atoms with Gasteiger partial charge in [-0.05, 0) is 12.1 Å². The number of aromatic nitrogens is 4. The van der Waals surface area contributed by atoms with Crippen molar-refractivity contribution in [3.8, 4) is 17.3 Å². The Morgan fingerprint density at radius 2 is 2.00 bits per heavy atom. The zero-order valence-electron chi connectivity index (χ0n) is 13.7. The third-order valence-electron chi connectivity index (χ3n) is 3.56. The minimum Gasteiger partial charge on any atom is -0.475 e. The lowest BCUT2D eigenvalue weighted by atomic mass is 10.2. The molecule has 0 bridgehead atoms. The minimum absolute atomic E-state index is 0.211. The fourth-order valence-corrected chi connectivity index (χ4v) is 2.13. The molecule has 0 saturated carbocycles. The summed E-state index contributed by atoms with van der Waals surface area (Å²) in [4.78, 5) is 25.1. The number of halogens is 3. The number of pyridine rings is 1. The van der Waals surface area contributed by atoms with E-state index in [0.29, 0.717) is 11.7 Å². The second-order valence-corrected chi connectivity index (χ2v) is 5.56. The van der Waals surface area contributed by atoms with Crippen LogP contribution in [0.1, 0.15) is 0 Å². The molecule has 3 N–H and O–H groups in total. The van der Waals surface area contributed by atoms with Crippen molar-refractivity contribution in [1.82, 2.24) is 25.3 Å². The van der Waals surface area contributed by atoms with Crippen molar-refractivity contribution in [1.29, 1.82) is 0 Å². The molecule has 0 spiro atoms. The molecule has 0 amide bonds. The van der Waals surface area contributed by atoms with Crippen LogP contribution in [-0.2, 0) is 4.79 Å². The predicted molar refractivity (Wildman–Crippen MR) is 88.1 cm³/mol. The maximum atomic E-state index is 10.6. The molecule has 11 heteroatoms. The molecule has 0 unspecified atom stereocenters. The number of aromatic amines is 1. The monoisotopic (exact) mass is 381 g/mol. The van der Waals surface area contributed by atoms with Crippen LogP contribution in [0, 0.1) is 0 Å². The van der Waals surface area contributed by atoms with Crippen LogP contribution in [0.2, 0.25) is 0 Å². The molecule has 1 saturated heterocycles. The molecule has 1 fully saturated rings. The highest BCUT2D eigenvalue weighted by Gasteiger charge is 2.38. The molecule has 0 radical (unpaired) electrons. The molecule has 8 nitrogen and oxygen atoms in total. The Hall–Kier alpha value is -3.21. The summed E-state index contributed by atoms with van der Waals surface area (Å²) in [6, 6.07) is 5.78. The first kappa shape index (κ1) is 18.6. The van der Waals surface area contributed by atoms with E-state index in [1.54, 1.807) is 18.5 Å². The summed E-state index contributed by atoms with van der Waals surface area (Å²) in [6.07, 6.45) is 0.474. The Morgan fingerprint density at radius 3 is 2.63 bits per heavy atom. The molecular weight excluding hydrogens is 367 g/mol. The number of ether oxygens (including phenoxy) is 1. The fourth-order valence-electron chi connectivity index (χ4n) is 2.13. The highest BCUT2D eigenvalue weighted by atomic mass is 19.4. The van der Waals surface area contributed by atoms with Crippen LogP contribution in [0.4, 0.5) is 13.2 Å². The number of carboxylic acid groups (broad SMARTS) is 1. The highest BCUT2D eigenvalue weighted by molar-refractivity contribution is 5.79. The van der Waals surface area contributed by atoms with Crippen LogP contribution >= 0.6 is 0 Å². The Bertz CT molecular complexity index is 940. The SMILES string of the molecule is O=C(O)C(F)(F)F.c1cc(OC2CNC2)nc(-c2cnc3[nH]ccc3c2)n1. The predicted octanol–water partition coefficient (Wildman–Crippen LogP) is 2.00. The zero-order valence-corrected chi connectivity index (χ0v) is 13.7.